The van der Waals surface area contributed by atoms with Crippen molar-refractivity contribution in [2.24, 2.45) is 0 Å². The van der Waals surface area contributed by atoms with Gasteiger partial charge < -0.3 is 20.5 Å². The SMILES string of the molecule is OB(O)O.[Li+].[OH-]. The van der Waals surface area contributed by atoms with E-state index in [0.717, 1.165) is 0 Å². The van der Waals surface area contributed by atoms with E-state index in [1.54, 1.807) is 0 Å². The predicted octanol–water partition coefficient (Wildman–Crippen LogP) is -5.22. The maximum atomic E-state index is 7.17. The van der Waals surface area contributed by atoms with Gasteiger partial charge in [0.15, 0.2) is 0 Å². The van der Waals surface area contributed by atoms with E-state index < -0.39 is 7.32 Å². The molecule has 0 rings (SSSR count). The molecule has 32 valence electrons. The molecule has 0 aromatic carbocycles. The molecule has 0 saturated heterocycles. The Bertz CT molecular complexity index is 12.3. The molecule has 0 radical (unpaired) electrons. The van der Waals surface area contributed by atoms with Gasteiger partial charge in [-0.2, -0.15) is 0 Å². The fraction of sp³-hybridized carbons (Fsp3) is 0. The van der Waals surface area contributed by atoms with Crippen LogP contribution in [0.2, 0.25) is 0 Å². The molecule has 4 N–H and O–H groups in total. The van der Waals surface area contributed by atoms with Gasteiger partial charge in [0.25, 0.3) is 0 Å². The Morgan fingerprint density at radius 3 is 1.00 bits per heavy atom. The van der Waals surface area contributed by atoms with Gasteiger partial charge in [-0.15, -0.1) is 0 Å². The van der Waals surface area contributed by atoms with E-state index in [-0.39, 0.29) is 24.3 Å². The summed E-state index contributed by atoms with van der Waals surface area (Å²) < 4.78 is 0. The second-order valence-electron chi connectivity index (χ2n) is 0.346. The van der Waals surface area contributed by atoms with Crippen molar-refractivity contribution in [3.63, 3.8) is 0 Å². The van der Waals surface area contributed by atoms with Crippen LogP contribution in [-0.4, -0.2) is 27.9 Å². The van der Waals surface area contributed by atoms with E-state index in [4.69, 9.17) is 15.1 Å². The van der Waals surface area contributed by atoms with Crippen LogP contribution in [0.5, 0.6) is 0 Å². The van der Waals surface area contributed by atoms with Crippen LogP contribution in [0.4, 0.5) is 0 Å². The minimum Gasteiger partial charge on any atom is -0.870 e. The number of hydrogen-bond acceptors (Lipinski definition) is 4. The van der Waals surface area contributed by atoms with E-state index in [1.165, 1.54) is 0 Å². The van der Waals surface area contributed by atoms with Crippen molar-refractivity contribution >= 4 is 7.32 Å². The van der Waals surface area contributed by atoms with E-state index in [1.807, 2.05) is 0 Å². The van der Waals surface area contributed by atoms with Gasteiger partial charge in [-0.1, -0.05) is 0 Å². The Balaban J connectivity index is -0.0000000450. The molecule has 0 saturated carbocycles. The van der Waals surface area contributed by atoms with E-state index >= 15 is 0 Å². The molecule has 0 bridgehead atoms. The molecule has 0 atom stereocenters. The van der Waals surface area contributed by atoms with Crippen molar-refractivity contribution in [3.05, 3.63) is 0 Å². The normalized spacial score (nSPS) is 4.50. The summed E-state index contributed by atoms with van der Waals surface area (Å²) in [5, 5.41) is 21.5. The van der Waals surface area contributed by atoms with Crippen molar-refractivity contribution in [2.75, 3.05) is 0 Å². The number of hydrogen-bond donors (Lipinski definition) is 3. The van der Waals surface area contributed by atoms with Crippen LogP contribution >= 0.6 is 0 Å². The van der Waals surface area contributed by atoms with Crippen molar-refractivity contribution in [3.8, 4) is 0 Å². The van der Waals surface area contributed by atoms with Crippen molar-refractivity contribution in [1.29, 1.82) is 0 Å². The third-order valence-corrected chi connectivity index (χ3v) is 0. The molecule has 0 aromatic heterocycles. The van der Waals surface area contributed by atoms with Gasteiger partial charge in [-0.25, -0.2) is 0 Å². The maximum Gasteiger partial charge on any atom is 1.00 e. The van der Waals surface area contributed by atoms with Crippen LogP contribution in [0.3, 0.4) is 0 Å². The summed E-state index contributed by atoms with van der Waals surface area (Å²) in [4.78, 5) is 0. The van der Waals surface area contributed by atoms with Crippen LogP contribution in [0.1, 0.15) is 0 Å². The summed E-state index contributed by atoms with van der Waals surface area (Å²) in [6.45, 7) is 0. The third-order valence-electron chi connectivity index (χ3n) is 0. The van der Waals surface area contributed by atoms with E-state index in [9.17, 15) is 0 Å². The summed E-state index contributed by atoms with van der Waals surface area (Å²) in [6, 6.07) is 0. The van der Waals surface area contributed by atoms with Gasteiger partial charge in [-0.05, 0) is 0 Å². The standard InChI is InChI=1S/BH3O3.Li.H2O/c2-1(3)4;;/h2-4H;;1H2/q;+1;/p-1. The molecule has 0 aliphatic heterocycles. The molecule has 0 fully saturated rings. The molecule has 0 spiro atoms. The van der Waals surface area contributed by atoms with Crippen molar-refractivity contribution in [1.82, 2.24) is 0 Å². The Hall–Kier alpha value is 0.502. The maximum absolute atomic E-state index is 7.17. The first-order valence-electron chi connectivity index (χ1n) is 0.775. The summed E-state index contributed by atoms with van der Waals surface area (Å²) in [6.07, 6.45) is 0. The van der Waals surface area contributed by atoms with Crippen LogP contribution in [0.25, 0.3) is 0 Å². The smallest absolute Gasteiger partial charge is 0.870 e. The molecule has 6 heavy (non-hydrogen) atoms. The summed E-state index contributed by atoms with van der Waals surface area (Å²) in [5.74, 6) is 0. The molecule has 4 nitrogen and oxygen atoms in total. The zero-order valence-corrected chi connectivity index (χ0v) is 3.37. The van der Waals surface area contributed by atoms with Gasteiger partial charge >= 0.3 is 26.2 Å². The van der Waals surface area contributed by atoms with Crippen molar-refractivity contribution in [2.45, 2.75) is 0 Å². The van der Waals surface area contributed by atoms with Gasteiger partial charge in [0.05, 0.1) is 0 Å². The van der Waals surface area contributed by atoms with Crippen LogP contribution in [0, 0.1) is 0 Å². The fourth-order valence-electron chi connectivity index (χ4n) is 0. The van der Waals surface area contributed by atoms with Gasteiger partial charge in [0, 0.05) is 0 Å². The van der Waals surface area contributed by atoms with E-state index in [2.05, 4.69) is 0 Å². The molecule has 6 heteroatoms. The fourth-order valence-corrected chi connectivity index (χ4v) is 0. The topological polar surface area (TPSA) is 90.7 Å². The van der Waals surface area contributed by atoms with E-state index in [0.29, 0.717) is 0 Å². The molecular weight excluding hydrogens is 81.7 g/mol. The minimum absolute atomic E-state index is 0. The van der Waals surface area contributed by atoms with Gasteiger partial charge in [-0.3, -0.25) is 0 Å². The summed E-state index contributed by atoms with van der Waals surface area (Å²) in [5.41, 5.74) is 0. The van der Waals surface area contributed by atoms with Crippen LogP contribution in [-0.2, 0) is 0 Å². The molecule has 0 amide bonds. The first kappa shape index (κ1) is 16.0. The zero-order valence-electron chi connectivity index (χ0n) is 3.37. The Morgan fingerprint density at radius 1 is 1.00 bits per heavy atom. The molecule has 0 aromatic rings. The average molecular weight is 85.8 g/mol. The van der Waals surface area contributed by atoms with Crippen LogP contribution in [0.15, 0.2) is 0 Å². The second-order valence-corrected chi connectivity index (χ2v) is 0.346. The zero-order chi connectivity index (χ0) is 3.58. The summed E-state index contributed by atoms with van der Waals surface area (Å²) >= 11 is 0. The molecule has 0 aliphatic rings. The monoisotopic (exact) mass is 86.0 g/mol. The van der Waals surface area contributed by atoms with Gasteiger partial charge in [0.1, 0.15) is 0 Å². The Labute approximate surface area is 47.5 Å². The molecular formula is H4BLiO4. The summed E-state index contributed by atoms with van der Waals surface area (Å²) in [7, 11) is -2.17. The largest absolute Gasteiger partial charge is 1.00 e. The number of rotatable bonds is 0. The molecule has 0 unspecified atom stereocenters. The third kappa shape index (κ3) is 219. The van der Waals surface area contributed by atoms with Crippen LogP contribution < -0.4 is 18.9 Å². The second kappa shape index (κ2) is 9.09. The quantitative estimate of drug-likeness (QED) is 0.257. The minimum atomic E-state index is -2.17. The van der Waals surface area contributed by atoms with Gasteiger partial charge in [0.2, 0.25) is 0 Å². The first-order chi connectivity index (χ1) is 1.73. The van der Waals surface area contributed by atoms with Crippen molar-refractivity contribution < 1.29 is 39.4 Å². The first-order valence-corrected chi connectivity index (χ1v) is 0.775. The predicted molar refractivity (Wildman–Crippen MR) is 14.3 cm³/mol. The Morgan fingerprint density at radius 2 is 1.00 bits per heavy atom. The molecule has 0 heterocycles. The molecule has 0 aliphatic carbocycles. The Kier molecular flexibility index (Phi) is 24.3. The average Bonchev–Trinajstić information content (AvgIpc) is 0.811.